The van der Waals surface area contributed by atoms with Crippen LogP contribution in [-0.2, 0) is 23.8 Å². The number of hydrogen-bond acceptors (Lipinski definition) is 6. The van der Waals surface area contributed by atoms with Gasteiger partial charge >= 0.3 is 11.9 Å². The largest absolute Gasteiger partial charge is 0.460 e. The van der Waals surface area contributed by atoms with Crippen LogP contribution in [0.1, 0.15) is 39.2 Å². The second kappa shape index (κ2) is 9.65. The van der Waals surface area contributed by atoms with Gasteiger partial charge in [-0.15, -0.1) is 0 Å². The summed E-state index contributed by atoms with van der Waals surface area (Å²) >= 11 is 0. The summed E-state index contributed by atoms with van der Waals surface area (Å²) < 4.78 is 44.1. The first kappa shape index (κ1) is 22.5. The van der Waals surface area contributed by atoms with Crippen LogP contribution in [0.5, 0.6) is 0 Å². The van der Waals surface area contributed by atoms with Gasteiger partial charge in [-0.1, -0.05) is 12.1 Å². The number of carbonyl (C=O) groups excluding carboxylic acids is 2. The topological polar surface area (TPSA) is 73.9 Å². The Morgan fingerprint density at radius 3 is 2.28 bits per heavy atom. The van der Waals surface area contributed by atoms with Crippen molar-refractivity contribution >= 4 is 11.9 Å². The Labute approximate surface area is 168 Å². The predicted molar refractivity (Wildman–Crippen MR) is 102 cm³/mol. The number of benzene rings is 1. The number of allylic oxidation sites excluding steroid dienone is 2. The number of carbonyl (C=O) groups is 2. The Morgan fingerprint density at radius 2 is 1.69 bits per heavy atom. The van der Waals surface area contributed by atoms with Gasteiger partial charge in [0.2, 0.25) is 0 Å². The van der Waals surface area contributed by atoms with Crippen molar-refractivity contribution in [2.24, 2.45) is 0 Å². The first-order valence-electron chi connectivity index (χ1n) is 9.18. The van der Waals surface area contributed by atoms with Gasteiger partial charge in [-0.3, -0.25) is 0 Å². The zero-order chi connectivity index (χ0) is 21.7. The molecule has 0 bridgehead atoms. The SMILES string of the molecule is COCCOC(=O)C1=C(C)NC(C)=C(C(=O)OC(C)C)C1c1cccc(F)c1F. The minimum atomic E-state index is -1.19. The van der Waals surface area contributed by atoms with Crippen molar-refractivity contribution in [2.75, 3.05) is 20.3 Å². The Bertz CT molecular complexity index is 861. The van der Waals surface area contributed by atoms with E-state index in [0.29, 0.717) is 11.4 Å². The van der Waals surface area contributed by atoms with Crippen LogP contribution >= 0.6 is 0 Å². The van der Waals surface area contributed by atoms with E-state index >= 15 is 0 Å². The minimum absolute atomic E-state index is 0.00640. The van der Waals surface area contributed by atoms with Gasteiger partial charge in [0.15, 0.2) is 11.6 Å². The summed E-state index contributed by atoms with van der Waals surface area (Å²) in [5, 5.41) is 2.95. The van der Waals surface area contributed by atoms with Gasteiger partial charge in [-0.25, -0.2) is 18.4 Å². The van der Waals surface area contributed by atoms with Crippen LogP contribution in [0, 0.1) is 11.6 Å². The van der Waals surface area contributed by atoms with E-state index in [-0.39, 0.29) is 29.9 Å². The number of halogens is 2. The summed E-state index contributed by atoms with van der Waals surface area (Å²) in [6, 6.07) is 3.62. The van der Waals surface area contributed by atoms with E-state index in [1.165, 1.54) is 19.2 Å². The molecule has 1 aromatic carbocycles. The van der Waals surface area contributed by atoms with Gasteiger partial charge in [-0.05, 0) is 33.8 Å². The molecule has 0 radical (unpaired) electrons. The number of dihydropyridines is 1. The quantitative estimate of drug-likeness (QED) is 0.550. The summed E-state index contributed by atoms with van der Waals surface area (Å²) in [5.41, 5.74) is 0.633. The molecule has 2 rings (SSSR count). The first-order chi connectivity index (χ1) is 13.7. The molecule has 1 atom stereocenters. The predicted octanol–water partition coefficient (Wildman–Crippen LogP) is 3.34. The number of nitrogens with one attached hydrogen (secondary N) is 1. The fraction of sp³-hybridized carbons (Fsp3) is 0.429. The van der Waals surface area contributed by atoms with Crippen molar-refractivity contribution in [2.45, 2.75) is 39.7 Å². The van der Waals surface area contributed by atoms with E-state index in [2.05, 4.69) is 5.32 Å². The monoisotopic (exact) mass is 409 g/mol. The zero-order valence-electron chi connectivity index (χ0n) is 17.1. The number of ether oxygens (including phenoxy) is 3. The van der Waals surface area contributed by atoms with Crippen molar-refractivity contribution in [3.8, 4) is 0 Å². The van der Waals surface area contributed by atoms with Crippen molar-refractivity contribution in [1.82, 2.24) is 5.32 Å². The van der Waals surface area contributed by atoms with Crippen LogP contribution in [0.25, 0.3) is 0 Å². The van der Waals surface area contributed by atoms with Crippen molar-refractivity contribution in [1.29, 1.82) is 0 Å². The van der Waals surface area contributed by atoms with Gasteiger partial charge in [0.05, 0.1) is 29.8 Å². The lowest BCUT2D eigenvalue weighted by atomic mass is 9.80. The molecule has 1 heterocycles. The third kappa shape index (κ3) is 5.00. The van der Waals surface area contributed by atoms with Gasteiger partial charge in [0.1, 0.15) is 6.61 Å². The fourth-order valence-electron chi connectivity index (χ4n) is 3.16. The minimum Gasteiger partial charge on any atom is -0.460 e. The molecular weight excluding hydrogens is 384 g/mol. The maximum Gasteiger partial charge on any atom is 0.337 e. The Hall–Kier alpha value is -2.74. The second-order valence-corrected chi connectivity index (χ2v) is 6.86. The van der Waals surface area contributed by atoms with Gasteiger partial charge in [0, 0.05) is 24.1 Å². The fourth-order valence-corrected chi connectivity index (χ4v) is 3.16. The molecule has 0 fully saturated rings. The molecule has 29 heavy (non-hydrogen) atoms. The molecular formula is C21H25F2NO5. The smallest absolute Gasteiger partial charge is 0.337 e. The molecule has 0 saturated heterocycles. The Balaban J connectivity index is 2.61. The highest BCUT2D eigenvalue weighted by Gasteiger charge is 2.40. The molecule has 158 valence electrons. The summed E-state index contributed by atoms with van der Waals surface area (Å²) in [7, 11) is 1.46. The average Bonchev–Trinajstić information content (AvgIpc) is 2.62. The molecule has 1 aliphatic rings. The summed E-state index contributed by atoms with van der Waals surface area (Å²) in [4.78, 5) is 25.6. The van der Waals surface area contributed by atoms with Crippen LogP contribution in [-0.4, -0.2) is 38.4 Å². The summed E-state index contributed by atoms with van der Waals surface area (Å²) in [5.74, 6) is -4.90. The summed E-state index contributed by atoms with van der Waals surface area (Å²) in [6.07, 6.45) is -0.440. The highest BCUT2D eigenvalue weighted by molar-refractivity contribution is 6.00. The van der Waals surface area contributed by atoms with Crippen LogP contribution in [0.3, 0.4) is 0 Å². The molecule has 1 N–H and O–H groups in total. The standard InChI is InChI=1S/C21H25F2NO5/c1-11(2)29-21(26)17-13(4)24-12(3)16(20(25)28-10-9-27-5)18(17)14-7-6-8-15(22)19(14)23/h6-8,11,18,24H,9-10H2,1-5H3. The molecule has 0 saturated carbocycles. The van der Waals surface area contributed by atoms with E-state index in [9.17, 15) is 18.4 Å². The third-order valence-electron chi connectivity index (χ3n) is 4.36. The van der Waals surface area contributed by atoms with E-state index in [1.54, 1.807) is 27.7 Å². The molecule has 1 aliphatic heterocycles. The molecule has 1 unspecified atom stereocenters. The van der Waals surface area contributed by atoms with Crippen LogP contribution in [0.4, 0.5) is 8.78 Å². The molecule has 6 nitrogen and oxygen atoms in total. The van der Waals surface area contributed by atoms with Crippen LogP contribution in [0.2, 0.25) is 0 Å². The van der Waals surface area contributed by atoms with E-state index in [4.69, 9.17) is 14.2 Å². The zero-order valence-corrected chi connectivity index (χ0v) is 17.1. The third-order valence-corrected chi connectivity index (χ3v) is 4.36. The highest BCUT2D eigenvalue weighted by atomic mass is 19.2. The normalized spacial score (nSPS) is 16.8. The lowest BCUT2D eigenvalue weighted by molar-refractivity contribution is -0.143. The van der Waals surface area contributed by atoms with E-state index in [0.717, 1.165) is 6.07 Å². The van der Waals surface area contributed by atoms with Gasteiger partial charge in [0.25, 0.3) is 0 Å². The molecule has 0 aliphatic carbocycles. The van der Waals surface area contributed by atoms with Crippen molar-refractivity contribution in [3.63, 3.8) is 0 Å². The van der Waals surface area contributed by atoms with Crippen molar-refractivity contribution < 1.29 is 32.6 Å². The lowest BCUT2D eigenvalue weighted by Gasteiger charge is -2.31. The Morgan fingerprint density at radius 1 is 1.07 bits per heavy atom. The maximum absolute atomic E-state index is 14.7. The van der Waals surface area contributed by atoms with E-state index in [1.807, 2.05) is 0 Å². The summed E-state index contributed by atoms with van der Waals surface area (Å²) in [6.45, 7) is 6.69. The van der Waals surface area contributed by atoms with Crippen LogP contribution < -0.4 is 5.32 Å². The molecule has 1 aromatic rings. The number of methoxy groups -OCH3 is 1. The lowest BCUT2D eigenvalue weighted by Crippen LogP contribution is -2.33. The van der Waals surface area contributed by atoms with Gasteiger partial charge in [-0.2, -0.15) is 0 Å². The first-order valence-corrected chi connectivity index (χ1v) is 9.18. The molecule has 0 aromatic heterocycles. The van der Waals surface area contributed by atoms with Gasteiger partial charge < -0.3 is 19.5 Å². The van der Waals surface area contributed by atoms with Crippen LogP contribution in [0.15, 0.2) is 40.7 Å². The highest BCUT2D eigenvalue weighted by Crippen LogP contribution is 2.40. The molecule has 8 heteroatoms. The maximum atomic E-state index is 14.7. The Kier molecular flexibility index (Phi) is 7.50. The van der Waals surface area contributed by atoms with Crippen molar-refractivity contribution in [3.05, 3.63) is 57.9 Å². The number of esters is 2. The molecule has 0 spiro atoms. The number of hydrogen-bond donors (Lipinski definition) is 1. The average molecular weight is 409 g/mol. The van der Waals surface area contributed by atoms with E-state index < -0.39 is 35.6 Å². The second-order valence-electron chi connectivity index (χ2n) is 6.86. The number of rotatable bonds is 7. The molecule has 0 amide bonds.